The first-order valence-corrected chi connectivity index (χ1v) is 7.59. The van der Waals surface area contributed by atoms with Crippen molar-refractivity contribution in [1.29, 1.82) is 0 Å². The van der Waals surface area contributed by atoms with Gasteiger partial charge in [0.05, 0.1) is 19.9 Å². The van der Waals surface area contributed by atoms with Crippen molar-refractivity contribution in [3.63, 3.8) is 0 Å². The standard InChI is InChI=1S/C10H11FINO2S/c1-6-4-13-9-3-8(12)7(11)2-10(9)16(14,15)5-6/h2-3,6,13H,4-5H2,1H3. The zero-order chi connectivity index (χ0) is 11.9. The molecule has 88 valence electrons. The summed E-state index contributed by atoms with van der Waals surface area (Å²) in [6.07, 6.45) is 0. The molecule has 3 nitrogen and oxygen atoms in total. The number of halogens is 2. The monoisotopic (exact) mass is 355 g/mol. The van der Waals surface area contributed by atoms with E-state index in [9.17, 15) is 12.8 Å². The lowest BCUT2D eigenvalue weighted by Gasteiger charge is -2.08. The van der Waals surface area contributed by atoms with Crippen LogP contribution in [0.2, 0.25) is 0 Å². The van der Waals surface area contributed by atoms with E-state index in [4.69, 9.17) is 0 Å². The number of anilines is 1. The van der Waals surface area contributed by atoms with Crippen LogP contribution in [0.15, 0.2) is 17.0 Å². The molecule has 0 saturated heterocycles. The molecule has 1 aromatic rings. The van der Waals surface area contributed by atoms with Crippen LogP contribution < -0.4 is 5.32 Å². The number of benzene rings is 1. The van der Waals surface area contributed by atoms with Crippen LogP contribution in [0, 0.1) is 15.3 Å². The maximum absolute atomic E-state index is 13.4. The van der Waals surface area contributed by atoms with Gasteiger partial charge in [0, 0.05) is 6.54 Å². The van der Waals surface area contributed by atoms with Crippen molar-refractivity contribution in [3.8, 4) is 0 Å². The van der Waals surface area contributed by atoms with Crippen LogP contribution in [0.1, 0.15) is 6.92 Å². The summed E-state index contributed by atoms with van der Waals surface area (Å²) in [5, 5.41) is 3.05. The van der Waals surface area contributed by atoms with Crippen molar-refractivity contribution >= 4 is 38.1 Å². The molecule has 0 fully saturated rings. The molecule has 0 amide bonds. The topological polar surface area (TPSA) is 46.2 Å². The number of hydrogen-bond donors (Lipinski definition) is 1. The van der Waals surface area contributed by atoms with Gasteiger partial charge in [-0.25, -0.2) is 12.8 Å². The fourth-order valence-corrected chi connectivity index (χ4v) is 3.99. The smallest absolute Gasteiger partial charge is 0.180 e. The third kappa shape index (κ3) is 2.17. The van der Waals surface area contributed by atoms with E-state index in [-0.39, 0.29) is 16.6 Å². The highest BCUT2D eigenvalue weighted by Crippen LogP contribution is 2.30. The molecule has 1 aliphatic heterocycles. The van der Waals surface area contributed by atoms with Crippen LogP contribution in [0.5, 0.6) is 0 Å². The van der Waals surface area contributed by atoms with E-state index < -0.39 is 15.7 Å². The summed E-state index contributed by atoms with van der Waals surface area (Å²) < 4.78 is 37.7. The highest BCUT2D eigenvalue weighted by Gasteiger charge is 2.26. The minimum atomic E-state index is -3.37. The Morgan fingerprint density at radius 1 is 1.50 bits per heavy atom. The Morgan fingerprint density at radius 3 is 2.88 bits per heavy atom. The molecule has 2 rings (SSSR count). The highest BCUT2D eigenvalue weighted by atomic mass is 127. The van der Waals surface area contributed by atoms with Crippen molar-refractivity contribution in [3.05, 3.63) is 21.5 Å². The molecular weight excluding hydrogens is 344 g/mol. The average molecular weight is 355 g/mol. The zero-order valence-electron chi connectivity index (χ0n) is 8.63. The van der Waals surface area contributed by atoms with Crippen LogP contribution in [0.3, 0.4) is 0 Å². The fourth-order valence-electron chi connectivity index (χ4n) is 1.73. The van der Waals surface area contributed by atoms with Crippen molar-refractivity contribution in [2.75, 3.05) is 17.6 Å². The first-order valence-electron chi connectivity index (χ1n) is 4.86. The van der Waals surface area contributed by atoms with Gasteiger partial charge in [0.25, 0.3) is 0 Å². The molecular formula is C10H11FINO2S. The first kappa shape index (κ1) is 12.1. The molecule has 1 aliphatic rings. The van der Waals surface area contributed by atoms with E-state index in [0.29, 0.717) is 15.8 Å². The molecule has 16 heavy (non-hydrogen) atoms. The van der Waals surface area contributed by atoms with Crippen molar-refractivity contribution < 1.29 is 12.8 Å². The van der Waals surface area contributed by atoms with E-state index in [0.717, 1.165) is 6.07 Å². The summed E-state index contributed by atoms with van der Waals surface area (Å²) in [5.74, 6) is -0.398. The van der Waals surface area contributed by atoms with Crippen LogP contribution in [-0.2, 0) is 9.84 Å². The summed E-state index contributed by atoms with van der Waals surface area (Å²) in [6.45, 7) is 2.45. The molecule has 1 heterocycles. The van der Waals surface area contributed by atoms with Crippen LogP contribution in [-0.4, -0.2) is 20.7 Å². The minimum Gasteiger partial charge on any atom is -0.384 e. The van der Waals surface area contributed by atoms with Crippen molar-refractivity contribution in [2.24, 2.45) is 5.92 Å². The quantitative estimate of drug-likeness (QED) is 0.727. The van der Waals surface area contributed by atoms with Gasteiger partial charge in [-0.05, 0) is 40.6 Å². The molecule has 1 atom stereocenters. The summed E-state index contributed by atoms with van der Waals surface area (Å²) in [6, 6.07) is 2.65. The Morgan fingerprint density at radius 2 is 2.19 bits per heavy atom. The number of sulfone groups is 1. The second-order valence-corrected chi connectivity index (χ2v) is 7.19. The SMILES string of the molecule is CC1CNc2cc(I)c(F)cc2S(=O)(=O)C1. The molecule has 1 N–H and O–H groups in total. The molecule has 0 aromatic heterocycles. The molecule has 0 aliphatic carbocycles. The number of fused-ring (bicyclic) bond motifs is 1. The minimum absolute atomic E-state index is 0.0260. The van der Waals surface area contributed by atoms with E-state index >= 15 is 0 Å². The van der Waals surface area contributed by atoms with Gasteiger partial charge in [-0.1, -0.05) is 6.92 Å². The molecule has 6 heteroatoms. The molecule has 0 saturated carbocycles. The first-order chi connectivity index (χ1) is 7.40. The van der Waals surface area contributed by atoms with Gasteiger partial charge in [0.2, 0.25) is 0 Å². The van der Waals surface area contributed by atoms with Gasteiger partial charge in [-0.3, -0.25) is 0 Å². The van der Waals surface area contributed by atoms with Gasteiger partial charge in [-0.15, -0.1) is 0 Å². The lowest BCUT2D eigenvalue weighted by atomic mass is 10.2. The van der Waals surface area contributed by atoms with Crippen LogP contribution in [0.4, 0.5) is 10.1 Å². The second-order valence-electron chi connectivity index (χ2n) is 4.03. The van der Waals surface area contributed by atoms with Crippen molar-refractivity contribution in [1.82, 2.24) is 0 Å². The predicted molar refractivity (Wildman–Crippen MR) is 68.8 cm³/mol. The summed E-state index contributed by atoms with van der Waals surface area (Å²) in [4.78, 5) is 0.0785. The molecule has 1 unspecified atom stereocenters. The van der Waals surface area contributed by atoms with E-state index in [2.05, 4.69) is 5.32 Å². The molecule has 0 bridgehead atoms. The number of rotatable bonds is 0. The summed E-state index contributed by atoms with van der Waals surface area (Å²) >= 11 is 1.85. The summed E-state index contributed by atoms with van der Waals surface area (Å²) in [7, 11) is -3.37. The lowest BCUT2D eigenvalue weighted by Crippen LogP contribution is -2.15. The van der Waals surface area contributed by atoms with E-state index in [1.54, 1.807) is 6.07 Å². The van der Waals surface area contributed by atoms with Crippen LogP contribution >= 0.6 is 22.6 Å². The molecule has 0 radical (unpaired) electrons. The fraction of sp³-hybridized carbons (Fsp3) is 0.400. The largest absolute Gasteiger partial charge is 0.384 e. The number of nitrogens with one attached hydrogen (secondary N) is 1. The maximum atomic E-state index is 13.4. The van der Waals surface area contributed by atoms with Crippen LogP contribution in [0.25, 0.3) is 0 Å². The third-order valence-corrected chi connectivity index (χ3v) is 5.34. The van der Waals surface area contributed by atoms with E-state index in [1.807, 2.05) is 29.5 Å². The summed E-state index contributed by atoms with van der Waals surface area (Å²) in [5.41, 5.74) is 0.509. The molecule has 1 aromatic carbocycles. The average Bonchev–Trinajstić information content (AvgIpc) is 2.27. The van der Waals surface area contributed by atoms with Gasteiger partial charge < -0.3 is 5.32 Å². The maximum Gasteiger partial charge on any atom is 0.180 e. The Kier molecular flexibility index (Phi) is 3.13. The van der Waals surface area contributed by atoms with Gasteiger partial charge in [-0.2, -0.15) is 0 Å². The lowest BCUT2D eigenvalue weighted by molar-refractivity contribution is 0.579. The Hall–Kier alpha value is -0.370. The van der Waals surface area contributed by atoms with E-state index in [1.165, 1.54) is 0 Å². The van der Waals surface area contributed by atoms with Gasteiger partial charge in [0.15, 0.2) is 9.84 Å². The Balaban J connectivity index is 2.64. The van der Waals surface area contributed by atoms with Crippen molar-refractivity contribution in [2.45, 2.75) is 11.8 Å². The predicted octanol–water partition coefficient (Wildman–Crippen LogP) is 2.27. The third-order valence-electron chi connectivity index (χ3n) is 2.50. The highest BCUT2D eigenvalue weighted by molar-refractivity contribution is 14.1. The molecule has 0 spiro atoms. The van der Waals surface area contributed by atoms with Gasteiger partial charge in [0.1, 0.15) is 5.82 Å². The van der Waals surface area contributed by atoms with Gasteiger partial charge >= 0.3 is 0 Å². The number of hydrogen-bond acceptors (Lipinski definition) is 3. The Labute approximate surface area is 107 Å². The zero-order valence-corrected chi connectivity index (χ0v) is 11.6. The Bertz CT molecular complexity index is 530. The second kappa shape index (κ2) is 4.14. The normalized spacial score (nSPS) is 23.1.